The van der Waals surface area contributed by atoms with E-state index in [2.05, 4.69) is 34.8 Å². The minimum absolute atomic E-state index is 0.0831. The maximum absolute atomic E-state index is 13.9. The molecule has 7 atom stereocenters. The SMILES string of the molecule is CC(=O)[O-].CC(C)(C)[C@@H](NC(=O)OC12CC3C[C@@](C)(C1)C[C@](C)(C3)C2)C(=O)N[C@@H](Cc1ccccc1)C(=O)N[C@H](C=O)CCC[NH+]=C(N)N. The van der Waals surface area contributed by atoms with Crippen LogP contribution in [-0.4, -0.2) is 66.4 Å². The van der Waals surface area contributed by atoms with Crippen LogP contribution in [0.1, 0.15) is 98.5 Å². The normalized spacial score (nSPS) is 26.9. The van der Waals surface area contributed by atoms with Crippen molar-refractivity contribution in [2.45, 2.75) is 123 Å². The molecular weight excluding hydrogens is 628 g/mol. The van der Waals surface area contributed by atoms with E-state index in [4.69, 9.17) is 26.1 Å². The molecule has 1 aromatic carbocycles. The maximum atomic E-state index is 13.9. The summed E-state index contributed by atoms with van der Waals surface area (Å²) in [5.41, 5.74) is 10.8. The quantitative estimate of drug-likeness (QED) is 0.0721. The number of aldehydes is 1. The molecule has 272 valence electrons. The zero-order chi connectivity index (χ0) is 36.6. The van der Waals surface area contributed by atoms with Crippen molar-refractivity contribution < 1.29 is 38.8 Å². The summed E-state index contributed by atoms with van der Waals surface area (Å²) in [6, 6.07) is 6.60. The van der Waals surface area contributed by atoms with Gasteiger partial charge >= 0.3 is 12.1 Å². The van der Waals surface area contributed by atoms with Crippen molar-refractivity contribution in [2.75, 3.05) is 6.54 Å². The minimum atomic E-state index is -1.08. The molecule has 0 heterocycles. The molecule has 0 aliphatic heterocycles. The van der Waals surface area contributed by atoms with Crippen LogP contribution in [0, 0.1) is 22.2 Å². The lowest BCUT2D eigenvalue weighted by molar-refractivity contribution is -0.459. The molecule has 1 aromatic rings. The van der Waals surface area contributed by atoms with Crippen molar-refractivity contribution in [2.24, 2.45) is 33.6 Å². The van der Waals surface area contributed by atoms with Gasteiger partial charge in [0, 0.05) is 12.4 Å². The number of ether oxygens (including phenoxy) is 1. The number of hydrogen-bond acceptors (Lipinski definition) is 7. The number of carboxylic acid groups (broad SMARTS) is 1. The van der Waals surface area contributed by atoms with Crippen molar-refractivity contribution in [1.29, 1.82) is 0 Å². The molecule has 4 saturated carbocycles. The number of nitrogens with one attached hydrogen (secondary N) is 4. The number of amides is 3. The van der Waals surface area contributed by atoms with Gasteiger partial charge in [0.2, 0.25) is 11.8 Å². The Balaban J connectivity index is 0.00000154. The number of alkyl carbamates (subject to hydrolysis) is 1. The van der Waals surface area contributed by atoms with Crippen LogP contribution in [0.5, 0.6) is 0 Å². The van der Waals surface area contributed by atoms with E-state index in [1.165, 1.54) is 12.8 Å². The number of guanidine groups is 1. The van der Waals surface area contributed by atoms with E-state index in [0.29, 0.717) is 31.6 Å². The Labute approximate surface area is 289 Å². The van der Waals surface area contributed by atoms with Gasteiger partial charge in [0.1, 0.15) is 24.0 Å². The summed E-state index contributed by atoms with van der Waals surface area (Å²) in [4.78, 5) is 64.3. The highest BCUT2D eigenvalue weighted by Crippen LogP contribution is 2.67. The summed E-state index contributed by atoms with van der Waals surface area (Å²) >= 11 is 0. The first-order valence-corrected chi connectivity index (χ1v) is 17.1. The Morgan fingerprint density at radius 3 is 2.08 bits per heavy atom. The molecule has 4 aliphatic rings. The standard InChI is InChI=1S/C34H52N6O5.C2H4O2/c1-31(2,3)26(40-30(44)45-34-17-23-15-32(4,20-34)19-33(5,16-23)21-34)28(43)39-25(14-22-10-7-6-8-11-22)27(42)38-24(18-41)12-9-13-37-29(35)36;1-2(3)4/h6-8,10-11,18,23-26H,9,12-17,19-21H2,1-5H3,(H,38,42)(H,39,43)(H,40,44)(H4,35,36,37);1H3,(H,3,4)/t23?,24-,25-,26-,32-,33+,34?;/m0./s1. The number of aliphatic carboxylic acids is 1. The Morgan fingerprint density at radius 1 is 0.980 bits per heavy atom. The van der Waals surface area contributed by atoms with E-state index < -0.39 is 53.0 Å². The largest absolute Gasteiger partial charge is 0.550 e. The molecule has 49 heavy (non-hydrogen) atoms. The van der Waals surface area contributed by atoms with Crippen LogP contribution in [0.4, 0.5) is 4.79 Å². The fourth-order valence-electron chi connectivity index (χ4n) is 8.80. The number of hydrogen-bond donors (Lipinski definition) is 6. The van der Waals surface area contributed by atoms with Crippen molar-refractivity contribution in [3.8, 4) is 0 Å². The molecule has 4 aliphatic carbocycles. The van der Waals surface area contributed by atoms with E-state index >= 15 is 0 Å². The minimum Gasteiger partial charge on any atom is -0.550 e. The highest BCUT2D eigenvalue weighted by molar-refractivity contribution is 5.92. The number of nitrogens with two attached hydrogens (primary N) is 2. The van der Waals surface area contributed by atoms with Crippen molar-refractivity contribution in [3.63, 3.8) is 0 Å². The second-order valence-electron chi connectivity index (χ2n) is 16.2. The molecule has 0 spiro atoms. The fourth-order valence-corrected chi connectivity index (χ4v) is 8.80. The van der Waals surface area contributed by atoms with Crippen LogP contribution in [0.25, 0.3) is 0 Å². The number of carbonyl (C=O) groups is 5. The molecular formula is C36H56N6O7. The molecule has 13 heteroatoms. The summed E-state index contributed by atoms with van der Waals surface area (Å²) < 4.78 is 6.26. The lowest BCUT2D eigenvalue weighted by Crippen LogP contribution is -2.78. The van der Waals surface area contributed by atoms with E-state index in [9.17, 15) is 19.2 Å². The first-order chi connectivity index (χ1) is 22.8. The topological polar surface area (TPSA) is 220 Å². The van der Waals surface area contributed by atoms with Gasteiger partial charge in [-0.05, 0) is 86.0 Å². The predicted molar refractivity (Wildman–Crippen MR) is 182 cm³/mol. The summed E-state index contributed by atoms with van der Waals surface area (Å²) in [5.74, 6) is -1.44. The zero-order valence-corrected chi connectivity index (χ0v) is 29.9. The fraction of sp³-hybridized carbons (Fsp3) is 0.667. The lowest BCUT2D eigenvalue weighted by Gasteiger charge is -2.64. The zero-order valence-electron chi connectivity index (χ0n) is 29.9. The van der Waals surface area contributed by atoms with Gasteiger partial charge in [0.05, 0.1) is 12.6 Å². The molecule has 4 bridgehead atoms. The molecule has 0 radical (unpaired) electrons. The third kappa shape index (κ3) is 11.7. The van der Waals surface area contributed by atoms with E-state index in [0.717, 1.165) is 38.2 Å². The van der Waals surface area contributed by atoms with Crippen LogP contribution in [-0.2, 0) is 30.3 Å². The molecule has 3 amide bonds. The van der Waals surface area contributed by atoms with Gasteiger partial charge in [-0.1, -0.05) is 65.0 Å². The third-order valence-electron chi connectivity index (χ3n) is 9.70. The molecule has 8 N–H and O–H groups in total. The average Bonchev–Trinajstić information content (AvgIpc) is 2.94. The van der Waals surface area contributed by atoms with Gasteiger partial charge in [-0.3, -0.25) is 26.0 Å². The van der Waals surface area contributed by atoms with Gasteiger partial charge in [0.15, 0.2) is 0 Å². The molecule has 0 aromatic heterocycles. The number of benzene rings is 1. The Morgan fingerprint density at radius 2 is 1.57 bits per heavy atom. The summed E-state index contributed by atoms with van der Waals surface area (Å²) in [6.45, 7) is 11.6. The van der Waals surface area contributed by atoms with Gasteiger partial charge in [-0.25, -0.2) is 4.79 Å². The first-order valence-electron chi connectivity index (χ1n) is 17.1. The summed E-state index contributed by atoms with van der Waals surface area (Å²) in [5, 5.41) is 17.4. The molecule has 4 fully saturated rings. The summed E-state index contributed by atoms with van der Waals surface area (Å²) in [7, 11) is 0. The van der Waals surface area contributed by atoms with Crippen LogP contribution < -0.4 is 37.5 Å². The van der Waals surface area contributed by atoms with Crippen LogP contribution >= 0.6 is 0 Å². The lowest BCUT2D eigenvalue weighted by atomic mass is 9.43. The van der Waals surface area contributed by atoms with Gasteiger partial charge in [-0.15, -0.1) is 0 Å². The van der Waals surface area contributed by atoms with Crippen molar-refractivity contribution >= 4 is 36.1 Å². The van der Waals surface area contributed by atoms with Gasteiger partial charge in [0.25, 0.3) is 0 Å². The Bertz CT molecular complexity index is 1350. The highest BCUT2D eigenvalue weighted by Gasteiger charge is 2.62. The Hall–Kier alpha value is -4.16. The molecule has 2 unspecified atom stereocenters. The first kappa shape index (κ1) is 39.3. The maximum Gasteiger partial charge on any atom is 0.408 e. The van der Waals surface area contributed by atoms with Crippen molar-refractivity contribution in [3.05, 3.63) is 35.9 Å². The molecule has 0 saturated heterocycles. The number of carboxylic acids is 1. The van der Waals surface area contributed by atoms with Crippen LogP contribution in [0.2, 0.25) is 0 Å². The predicted octanol–water partition coefficient (Wildman–Crippen LogP) is 0.178. The average molecular weight is 685 g/mol. The third-order valence-corrected chi connectivity index (χ3v) is 9.70. The molecule has 5 rings (SSSR count). The Kier molecular flexibility index (Phi) is 12.9. The number of carbonyl (C=O) groups excluding carboxylic acids is 5. The van der Waals surface area contributed by atoms with E-state index in [1.807, 2.05) is 51.1 Å². The second-order valence-corrected chi connectivity index (χ2v) is 16.2. The highest BCUT2D eigenvalue weighted by atomic mass is 16.6. The van der Waals surface area contributed by atoms with Crippen LogP contribution in [0.15, 0.2) is 30.3 Å². The van der Waals surface area contributed by atoms with Crippen molar-refractivity contribution in [1.82, 2.24) is 16.0 Å². The molecule has 13 nitrogen and oxygen atoms in total. The van der Waals surface area contributed by atoms with Crippen LogP contribution in [0.3, 0.4) is 0 Å². The monoisotopic (exact) mass is 684 g/mol. The smallest absolute Gasteiger partial charge is 0.408 e. The summed E-state index contributed by atoms with van der Waals surface area (Å²) in [6.07, 6.45) is 7.24. The van der Waals surface area contributed by atoms with Gasteiger partial charge < -0.3 is 35.4 Å². The second kappa shape index (κ2) is 16.0. The van der Waals surface area contributed by atoms with E-state index in [-0.39, 0.29) is 23.2 Å². The van der Waals surface area contributed by atoms with Gasteiger partial charge in [-0.2, -0.15) is 0 Å². The number of rotatable bonds is 13. The van der Waals surface area contributed by atoms with E-state index in [1.54, 1.807) is 0 Å².